The zero-order valence-corrected chi connectivity index (χ0v) is 16.1. The Balaban J connectivity index is 1.57. The summed E-state index contributed by atoms with van der Waals surface area (Å²) in [6.07, 6.45) is 9.91. The van der Waals surface area contributed by atoms with Gasteiger partial charge in [0.05, 0.1) is 5.60 Å². The monoisotopic (exact) mass is 332 g/mol. The molecule has 4 aliphatic rings. The first-order chi connectivity index (χ1) is 11.2. The molecule has 0 bridgehead atoms. The van der Waals surface area contributed by atoms with Gasteiger partial charge in [0, 0.05) is 5.92 Å². The molecule has 0 amide bonds. The average Bonchev–Trinajstić information content (AvgIpc) is 2.85. The van der Waals surface area contributed by atoms with E-state index >= 15 is 0 Å². The maximum absolute atomic E-state index is 12.2. The van der Waals surface area contributed by atoms with E-state index in [1.54, 1.807) is 0 Å². The van der Waals surface area contributed by atoms with Gasteiger partial charge < -0.3 is 5.11 Å². The van der Waals surface area contributed by atoms with Crippen LogP contribution in [0.3, 0.4) is 0 Å². The lowest BCUT2D eigenvalue weighted by Crippen LogP contribution is -2.52. The van der Waals surface area contributed by atoms with Crippen molar-refractivity contribution in [3.05, 3.63) is 0 Å². The maximum Gasteiger partial charge on any atom is 0.133 e. The second-order valence-electron chi connectivity index (χ2n) is 10.4. The van der Waals surface area contributed by atoms with Crippen molar-refractivity contribution >= 4 is 5.78 Å². The molecule has 0 aromatic heterocycles. The quantitative estimate of drug-likeness (QED) is 0.746. The van der Waals surface area contributed by atoms with Gasteiger partial charge in [-0.2, -0.15) is 0 Å². The van der Waals surface area contributed by atoms with Crippen LogP contribution in [0.1, 0.15) is 79.1 Å². The molecule has 0 heterocycles. The Morgan fingerprint density at radius 1 is 1.00 bits per heavy atom. The lowest BCUT2D eigenvalue weighted by molar-refractivity contribution is -0.134. The van der Waals surface area contributed by atoms with Crippen LogP contribution in [0.4, 0.5) is 0 Å². The summed E-state index contributed by atoms with van der Waals surface area (Å²) in [5, 5.41) is 10.7. The Morgan fingerprint density at radius 3 is 2.46 bits per heavy atom. The third-order valence-electron chi connectivity index (χ3n) is 9.37. The largest absolute Gasteiger partial charge is 0.390 e. The molecule has 4 rings (SSSR count). The van der Waals surface area contributed by atoms with E-state index in [2.05, 4.69) is 20.8 Å². The fourth-order valence-electron chi connectivity index (χ4n) is 7.92. The van der Waals surface area contributed by atoms with E-state index in [4.69, 9.17) is 0 Å². The van der Waals surface area contributed by atoms with Gasteiger partial charge in [0.15, 0.2) is 0 Å². The van der Waals surface area contributed by atoms with Gasteiger partial charge in [0.25, 0.3) is 0 Å². The van der Waals surface area contributed by atoms with Crippen LogP contribution in [0.2, 0.25) is 0 Å². The summed E-state index contributed by atoms with van der Waals surface area (Å²) in [4.78, 5) is 12.2. The standard InChI is InChI=1S/C22H36O2/c1-13-11-18-15(12-22(13,4)24)5-6-17-16(18)9-10-21(3)19(14(2)23)7-8-20(17)21/h13,15-20,24H,5-12H2,1-4H3/t13-,15+,16-,17+,18-,19+,20-,21+,22-/m0/s1. The van der Waals surface area contributed by atoms with Crippen LogP contribution in [-0.4, -0.2) is 16.5 Å². The highest BCUT2D eigenvalue weighted by atomic mass is 16.3. The summed E-state index contributed by atoms with van der Waals surface area (Å²) < 4.78 is 0. The SMILES string of the molecule is CC(=O)[C@H]1CC[C@H]2[C@@H]3CC[C@@H]4C[C@](C)(O)[C@@H](C)C[C@@H]4[C@H]3CC[C@]12C. The molecule has 9 atom stereocenters. The number of hydrogen-bond acceptors (Lipinski definition) is 2. The van der Waals surface area contributed by atoms with Crippen molar-refractivity contribution in [3.8, 4) is 0 Å². The third-order valence-corrected chi connectivity index (χ3v) is 9.37. The van der Waals surface area contributed by atoms with Crippen molar-refractivity contribution in [2.75, 3.05) is 0 Å². The smallest absolute Gasteiger partial charge is 0.133 e. The third kappa shape index (κ3) is 2.35. The number of ketones is 1. The summed E-state index contributed by atoms with van der Waals surface area (Å²) in [5.41, 5.74) is -0.171. The highest BCUT2D eigenvalue weighted by molar-refractivity contribution is 5.79. The van der Waals surface area contributed by atoms with E-state index in [0.29, 0.717) is 17.6 Å². The molecular weight excluding hydrogens is 296 g/mol. The minimum Gasteiger partial charge on any atom is -0.390 e. The number of aliphatic hydroxyl groups is 1. The molecule has 0 spiro atoms. The minimum atomic E-state index is -0.454. The molecule has 0 radical (unpaired) electrons. The molecule has 24 heavy (non-hydrogen) atoms. The highest BCUT2D eigenvalue weighted by Gasteiger charge is 2.58. The summed E-state index contributed by atoms with van der Waals surface area (Å²) in [5.74, 6) is 5.27. The molecule has 0 aliphatic heterocycles. The van der Waals surface area contributed by atoms with Crippen LogP contribution < -0.4 is 0 Å². The van der Waals surface area contributed by atoms with Gasteiger partial charge in [-0.25, -0.2) is 0 Å². The van der Waals surface area contributed by atoms with E-state index in [-0.39, 0.29) is 5.41 Å². The maximum atomic E-state index is 12.2. The Kier molecular flexibility index (Phi) is 3.95. The van der Waals surface area contributed by atoms with E-state index in [0.717, 1.165) is 42.4 Å². The van der Waals surface area contributed by atoms with Gasteiger partial charge in [-0.05, 0) is 106 Å². The van der Waals surface area contributed by atoms with Crippen LogP contribution >= 0.6 is 0 Å². The number of carbonyl (C=O) groups is 1. The van der Waals surface area contributed by atoms with Crippen LogP contribution in [0, 0.1) is 46.8 Å². The molecule has 136 valence electrons. The van der Waals surface area contributed by atoms with Crippen LogP contribution in [0.5, 0.6) is 0 Å². The van der Waals surface area contributed by atoms with Gasteiger partial charge >= 0.3 is 0 Å². The Hall–Kier alpha value is -0.370. The molecule has 4 saturated carbocycles. The van der Waals surface area contributed by atoms with Gasteiger partial charge in [0.2, 0.25) is 0 Å². The molecule has 0 saturated heterocycles. The molecule has 4 fully saturated rings. The first-order valence-electron chi connectivity index (χ1n) is 10.5. The van der Waals surface area contributed by atoms with Crippen LogP contribution in [-0.2, 0) is 4.79 Å². The minimum absolute atomic E-state index is 0.283. The fourth-order valence-corrected chi connectivity index (χ4v) is 7.92. The number of hydrogen-bond donors (Lipinski definition) is 1. The Labute approximate surface area is 147 Å². The lowest BCUT2D eigenvalue weighted by Gasteiger charge is -2.58. The van der Waals surface area contributed by atoms with Gasteiger partial charge in [-0.15, -0.1) is 0 Å². The van der Waals surface area contributed by atoms with E-state index < -0.39 is 5.60 Å². The van der Waals surface area contributed by atoms with Gasteiger partial charge in [0.1, 0.15) is 5.78 Å². The molecule has 4 aliphatic carbocycles. The lowest BCUT2D eigenvalue weighted by atomic mass is 9.48. The summed E-state index contributed by atoms with van der Waals surface area (Å²) >= 11 is 0. The topological polar surface area (TPSA) is 37.3 Å². The van der Waals surface area contributed by atoms with Crippen molar-refractivity contribution < 1.29 is 9.90 Å². The zero-order chi connectivity index (χ0) is 17.3. The van der Waals surface area contributed by atoms with E-state index in [9.17, 15) is 9.90 Å². The molecule has 0 unspecified atom stereocenters. The molecule has 0 aromatic carbocycles. The Bertz CT molecular complexity index is 524. The van der Waals surface area contributed by atoms with Crippen molar-refractivity contribution in [2.24, 2.45) is 46.8 Å². The van der Waals surface area contributed by atoms with Gasteiger partial charge in [-0.3, -0.25) is 4.79 Å². The Morgan fingerprint density at radius 2 is 1.75 bits per heavy atom. The fraction of sp³-hybridized carbons (Fsp3) is 0.955. The number of carbonyl (C=O) groups excluding carboxylic acids is 1. The normalized spacial score (nSPS) is 57.0. The predicted octanol–water partition coefficient (Wildman–Crippen LogP) is 4.84. The first-order valence-corrected chi connectivity index (χ1v) is 10.5. The highest BCUT2D eigenvalue weighted by Crippen LogP contribution is 2.65. The summed E-state index contributed by atoms with van der Waals surface area (Å²) in [7, 11) is 0. The first kappa shape index (κ1) is 17.1. The second kappa shape index (κ2) is 5.56. The number of Topliss-reactive ketones (excluding diaryl/α,β-unsaturated/α-hetero) is 1. The molecule has 2 heteroatoms. The van der Waals surface area contributed by atoms with Gasteiger partial charge in [-0.1, -0.05) is 13.8 Å². The molecular formula is C22H36O2. The van der Waals surface area contributed by atoms with Crippen LogP contribution in [0.15, 0.2) is 0 Å². The second-order valence-corrected chi connectivity index (χ2v) is 10.4. The van der Waals surface area contributed by atoms with Crippen molar-refractivity contribution in [2.45, 2.75) is 84.7 Å². The number of rotatable bonds is 1. The van der Waals surface area contributed by atoms with Crippen molar-refractivity contribution in [3.63, 3.8) is 0 Å². The van der Waals surface area contributed by atoms with E-state index in [1.807, 2.05) is 6.92 Å². The van der Waals surface area contributed by atoms with Crippen LogP contribution in [0.25, 0.3) is 0 Å². The summed E-state index contributed by atoms with van der Waals surface area (Å²) in [6, 6.07) is 0. The average molecular weight is 333 g/mol. The zero-order valence-electron chi connectivity index (χ0n) is 16.1. The number of fused-ring (bicyclic) bond motifs is 5. The van der Waals surface area contributed by atoms with Crippen molar-refractivity contribution in [1.29, 1.82) is 0 Å². The summed E-state index contributed by atoms with van der Waals surface area (Å²) in [6.45, 7) is 8.58. The van der Waals surface area contributed by atoms with Crippen molar-refractivity contribution in [1.82, 2.24) is 0 Å². The van der Waals surface area contributed by atoms with E-state index in [1.165, 1.54) is 38.5 Å². The molecule has 2 nitrogen and oxygen atoms in total. The molecule has 1 N–H and O–H groups in total. The molecule has 0 aromatic rings. The predicted molar refractivity (Wildman–Crippen MR) is 96.5 cm³/mol.